The van der Waals surface area contributed by atoms with E-state index in [1.165, 1.54) is 7.11 Å². The van der Waals surface area contributed by atoms with E-state index in [4.69, 9.17) is 6.57 Å². The van der Waals surface area contributed by atoms with Crippen LogP contribution < -0.4 is 0 Å². The summed E-state index contributed by atoms with van der Waals surface area (Å²) in [6, 6.07) is 5.29. The van der Waals surface area contributed by atoms with Gasteiger partial charge in [0.05, 0.1) is 12.7 Å². The normalized spacial score (nSPS) is 10.7. The SMILES string of the molecule is [C-]#[N+]C(C)(C)c1cc(C(=O)OC)ccc1C. The first-order chi connectivity index (χ1) is 7.42. The summed E-state index contributed by atoms with van der Waals surface area (Å²) < 4.78 is 4.66. The van der Waals surface area contributed by atoms with Crippen LogP contribution in [0.4, 0.5) is 0 Å². The van der Waals surface area contributed by atoms with E-state index in [0.717, 1.165) is 11.1 Å². The predicted octanol–water partition coefficient (Wildman–Crippen LogP) is 2.94. The molecule has 1 aromatic carbocycles. The third kappa shape index (κ3) is 2.22. The van der Waals surface area contributed by atoms with Crippen LogP contribution in [-0.2, 0) is 10.3 Å². The van der Waals surface area contributed by atoms with E-state index < -0.39 is 5.54 Å². The van der Waals surface area contributed by atoms with Crippen molar-refractivity contribution >= 4 is 5.97 Å². The average Bonchev–Trinajstić information content (AvgIpc) is 2.28. The number of esters is 1. The largest absolute Gasteiger partial charge is 0.465 e. The van der Waals surface area contributed by atoms with Gasteiger partial charge in [0.1, 0.15) is 0 Å². The van der Waals surface area contributed by atoms with Gasteiger partial charge >= 0.3 is 5.97 Å². The van der Waals surface area contributed by atoms with Crippen LogP contribution >= 0.6 is 0 Å². The molecule has 0 heterocycles. The molecule has 1 rings (SSSR count). The molecule has 0 fully saturated rings. The number of carbonyl (C=O) groups excluding carboxylic acids is 1. The molecular weight excluding hydrogens is 202 g/mol. The molecule has 0 saturated heterocycles. The smallest absolute Gasteiger partial charge is 0.337 e. The van der Waals surface area contributed by atoms with E-state index in [-0.39, 0.29) is 5.97 Å². The third-order valence-corrected chi connectivity index (χ3v) is 2.60. The van der Waals surface area contributed by atoms with Gasteiger partial charge in [-0.05, 0) is 24.6 Å². The molecule has 0 atom stereocenters. The molecule has 0 bridgehead atoms. The van der Waals surface area contributed by atoms with Crippen molar-refractivity contribution < 1.29 is 9.53 Å². The number of hydrogen-bond acceptors (Lipinski definition) is 2. The van der Waals surface area contributed by atoms with E-state index >= 15 is 0 Å². The van der Waals surface area contributed by atoms with Crippen molar-refractivity contribution in [1.82, 2.24) is 0 Å². The van der Waals surface area contributed by atoms with Crippen molar-refractivity contribution in [2.24, 2.45) is 0 Å². The fourth-order valence-corrected chi connectivity index (χ4v) is 1.59. The van der Waals surface area contributed by atoms with Gasteiger partial charge in [-0.2, -0.15) is 0 Å². The third-order valence-electron chi connectivity index (χ3n) is 2.60. The Bertz CT molecular complexity index is 455. The van der Waals surface area contributed by atoms with Crippen molar-refractivity contribution in [1.29, 1.82) is 0 Å². The minimum Gasteiger partial charge on any atom is -0.465 e. The molecule has 0 unspecified atom stereocenters. The van der Waals surface area contributed by atoms with Crippen LogP contribution in [0.2, 0.25) is 0 Å². The number of methoxy groups -OCH3 is 1. The topological polar surface area (TPSA) is 30.7 Å². The zero-order valence-electron chi connectivity index (χ0n) is 10.00. The van der Waals surface area contributed by atoms with Gasteiger partial charge in [0.25, 0.3) is 5.54 Å². The van der Waals surface area contributed by atoms with Crippen LogP contribution in [0.15, 0.2) is 18.2 Å². The Morgan fingerprint density at radius 1 is 1.44 bits per heavy atom. The lowest BCUT2D eigenvalue weighted by atomic mass is 9.90. The van der Waals surface area contributed by atoms with E-state index in [1.807, 2.05) is 26.8 Å². The summed E-state index contributed by atoms with van der Waals surface area (Å²) in [5.41, 5.74) is 1.74. The lowest BCUT2D eigenvalue weighted by Gasteiger charge is -2.15. The van der Waals surface area contributed by atoms with Gasteiger partial charge in [0, 0.05) is 19.4 Å². The van der Waals surface area contributed by atoms with Crippen LogP contribution in [0.25, 0.3) is 4.85 Å². The van der Waals surface area contributed by atoms with Crippen LogP contribution in [0.1, 0.15) is 35.3 Å². The van der Waals surface area contributed by atoms with Gasteiger partial charge in [-0.3, -0.25) is 0 Å². The van der Waals surface area contributed by atoms with E-state index in [2.05, 4.69) is 9.58 Å². The van der Waals surface area contributed by atoms with Gasteiger partial charge in [-0.25, -0.2) is 11.4 Å². The second-order valence-electron chi connectivity index (χ2n) is 4.19. The number of carbonyl (C=O) groups is 1. The van der Waals surface area contributed by atoms with Crippen molar-refractivity contribution in [2.45, 2.75) is 26.3 Å². The zero-order valence-corrected chi connectivity index (χ0v) is 10.00. The summed E-state index contributed by atoms with van der Waals surface area (Å²) in [4.78, 5) is 15.0. The molecule has 0 spiro atoms. The van der Waals surface area contributed by atoms with Crippen LogP contribution in [-0.4, -0.2) is 13.1 Å². The lowest BCUT2D eigenvalue weighted by Crippen LogP contribution is -2.14. The summed E-state index contributed by atoms with van der Waals surface area (Å²) in [7, 11) is 1.35. The van der Waals surface area contributed by atoms with E-state index in [9.17, 15) is 4.79 Å². The Kier molecular flexibility index (Phi) is 3.34. The highest BCUT2D eigenvalue weighted by Crippen LogP contribution is 2.28. The molecule has 0 saturated carbocycles. The zero-order chi connectivity index (χ0) is 12.3. The number of rotatable bonds is 2. The molecule has 0 N–H and O–H groups in total. The van der Waals surface area contributed by atoms with Crippen LogP contribution in [0, 0.1) is 13.5 Å². The molecular formula is C13H15NO2. The number of aryl methyl sites for hydroxylation is 1. The molecule has 0 radical (unpaired) electrons. The second-order valence-corrected chi connectivity index (χ2v) is 4.19. The maximum absolute atomic E-state index is 11.4. The van der Waals surface area contributed by atoms with Crippen LogP contribution in [0.3, 0.4) is 0 Å². The van der Waals surface area contributed by atoms with Gasteiger partial charge in [0.15, 0.2) is 0 Å². The Hall–Kier alpha value is -1.82. The number of nitrogens with zero attached hydrogens (tertiary/aromatic N) is 1. The van der Waals surface area contributed by atoms with Gasteiger partial charge in [-0.15, -0.1) is 0 Å². The number of ether oxygens (including phenoxy) is 1. The minimum atomic E-state index is -0.617. The van der Waals surface area contributed by atoms with Gasteiger partial charge < -0.3 is 9.58 Å². The molecule has 1 aromatic rings. The standard InChI is InChI=1S/C13H15NO2/c1-9-6-7-10(12(15)16-5)8-11(9)13(2,3)14-4/h6-8H,1-3,5H3. The molecule has 0 aliphatic heterocycles. The first-order valence-corrected chi connectivity index (χ1v) is 5.00. The maximum atomic E-state index is 11.4. The summed E-state index contributed by atoms with van der Waals surface area (Å²) in [5.74, 6) is -0.373. The van der Waals surface area contributed by atoms with Crippen LogP contribution in [0.5, 0.6) is 0 Å². The van der Waals surface area contributed by atoms with Crippen molar-refractivity contribution in [3.63, 3.8) is 0 Å². The highest BCUT2D eigenvalue weighted by molar-refractivity contribution is 5.89. The number of benzene rings is 1. The fourth-order valence-electron chi connectivity index (χ4n) is 1.59. The monoisotopic (exact) mass is 217 g/mol. The van der Waals surface area contributed by atoms with E-state index in [0.29, 0.717) is 5.56 Å². The second kappa shape index (κ2) is 4.36. The van der Waals surface area contributed by atoms with Gasteiger partial charge in [-0.1, -0.05) is 6.07 Å². The average molecular weight is 217 g/mol. The summed E-state index contributed by atoms with van der Waals surface area (Å²) >= 11 is 0. The maximum Gasteiger partial charge on any atom is 0.337 e. The molecule has 3 heteroatoms. The minimum absolute atomic E-state index is 0.373. The first kappa shape index (κ1) is 12.3. The Balaban J connectivity index is 3.31. The molecule has 0 aromatic heterocycles. The highest BCUT2D eigenvalue weighted by Gasteiger charge is 2.28. The van der Waals surface area contributed by atoms with Gasteiger partial charge in [0.2, 0.25) is 0 Å². The summed E-state index contributed by atoms with van der Waals surface area (Å²) in [6.07, 6.45) is 0. The molecule has 16 heavy (non-hydrogen) atoms. The van der Waals surface area contributed by atoms with Crippen molar-refractivity contribution in [3.05, 3.63) is 46.3 Å². The lowest BCUT2D eigenvalue weighted by molar-refractivity contribution is 0.0600. The van der Waals surface area contributed by atoms with E-state index in [1.54, 1.807) is 12.1 Å². The number of hydrogen-bond donors (Lipinski definition) is 0. The van der Waals surface area contributed by atoms with Crippen molar-refractivity contribution in [2.75, 3.05) is 7.11 Å². The fraction of sp³-hybridized carbons (Fsp3) is 0.385. The molecule has 0 aliphatic rings. The quantitative estimate of drug-likeness (QED) is 0.563. The predicted molar refractivity (Wildman–Crippen MR) is 62.1 cm³/mol. The molecule has 0 aliphatic carbocycles. The summed E-state index contributed by atoms with van der Waals surface area (Å²) in [5, 5.41) is 0. The Morgan fingerprint density at radius 2 is 2.06 bits per heavy atom. The molecule has 3 nitrogen and oxygen atoms in total. The highest BCUT2D eigenvalue weighted by atomic mass is 16.5. The summed E-state index contributed by atoms with van der Waals surface area (Å²) in [6.45, 7) is 12.8. The molecule has 0 amide bonds. The van der Waals surface area contributed by atoms with Crippen molar-refractivity contribution in [3.8, 4) is 0 Å². The Labute approximate surface area is 95.9 Å². The first-order valence-electron chi connectivity index (χ1n) is 5.00. The Morgan fingerprint density at radius 3 is 2.56 bits per heavy atom. The molecule has 84 valence electrons.